The van der Waals surface area contributed by atoms with Crippen LogP contribution in [0.25, 0.3) is 0 Å². The van der Waals surface area contributed by atoms with Crippen LogP contribution in [-0.2, 0) is 0 Å². The van der Waals surface area contributed by atoms with Gasteiger partial charge in [0.25, 0.3) is 0 Å². The van der Waals surface area contributed by atoms with Gasteiger partial charge in [0.2, 0.25) is 0 Å². The van der Waals surface area contributed by atoms with Crippen LogP contribution >= 0.6 is 0 Å². The maximum atomic E-state index is 6.02. The van der Waals surface area contributed by atoms with Crippen LogP contribution in [0.3, 0.4) is 0 Å². The van der Waals surface area contributed by atoms with E-state index in [0.29, 0.717) is 0 Å². The molecule has 0 amide bonds. The number of nitrogens with two attached hydrogens (primary N) is 1. The van der Waals surface area contributed by atoms with E-state index >= 15 is 0 Å². The molecule has 4 nitrogen and oxygen atoms in total. The fourth-order valence-electron chi connectivity index (χ4n) is 1.38. The standard InChI is InChI=1S/C9H13N3.H3N/c1-2-9(10)7-8-5-3-4-6-12(8)11-9;/h3-7,11H,2,10H2,1H3;1H3. The summed E-state index contributed by atoms with van der Waals surface area (Å²) < 4.78 is 0. The van der Waals surface area contributed by atoms with Crippen LogP contribution in [0.1, 0.15) is 13.3 Å². The highest BCUT2D eigenvalue weighted by Gasteiger charge is 2.30. The van der Waals surface area contributed by atoms with Crippen LogP contribution in [0.15, 0.2) is 36.2 Å². The molecular formula is C9H16N4. The van der Waals surface area contributed by atoms with E-state index in [2.05, 4.69) is 12.3 Å². The highest BCUT2D eigenvalue weighted by molar-refractivity contribution is 5.33. The predicted molar refractivity (Wildman–Crippen MR) is 53.6 cm³/mol. The van der Waals surface area contributed by atoms with Crippen LogP contribution in [0, 0.1) is 0 Å². The van der Waals surface area contributed by atoms with E-state index in [0.717, 1.165) is 12.1 Å². The topological polar surface area (TPSA) is 76.3 Å². The van der Waals surface area contributed by atoms with Crippen molar-refractivity contribution in [2.45, 2.75) is 19.0 Å². The first-order chi connectivity index (χ1) is 5.73. The molecule has 4 heteroatoms. The third-order valence-electron chi connectivity index (χ3n) is 2.21. The lowest BCUT2D eigenvalue weighted by Gasteiger charge is -2.25. The Hall–Kier alpha value is -1.10. The summed E-state index contributed by atoms with van der Waals surface area (Å²) in [5.74, 6) is 0. The number of nitrogens with one attached hydrogen (secondary N) is 1. The molecule has 2 rings (SSSR count). The van der Waals surface area contributed by atoms with Crippen molar-refractivity contribution < 1.29 is 0 Å². The Kier molecular flexibility index (Phi) is 2.56. The van der Waals surface area contributed by atoms with E-state index in [-0.39, 0.29) is 11.8 Å². The maximum Gasteiger partial charge on any atom is 0.105 e. The number of hydrogen-bond acceptors (Lipinski definition) is 4. The van der Waals surface area contributed by atoms with Gasteiger partial charge in [-0.3, -0.25) is 5.01 Å². The summed E-state index contributed by atoms with van der Waals surface area (Å²) >= 11 is 0. The van der Waals surface area contributed by atoms with E-state index in [1.54, 1.807) is 0 Å². The van der Waals surface area contributed by atoms with E-state index in [1.807, 2.05) is 35.5 Å². The van der Waals surface area contributed by atoms with Crippen LogP contribution in [0.5, 0.6) is 0 Å². The van der Waals surface area contributed by atoms with Crippen molar-refractivity contribution in [3.8, 4) is 0 Å². The minimum absolute atomic E-state index is 0. The van der Waals surface area contributed by atoms with Gasteiger partial charge in [0.15, 0.2) is 0 Å². The molecule has 2 aliphatic rings. The van der Waals surface area contributed by atoms with Crippen molar-refractivity contribution in [1.29, 1.82) is 0 Å². The zero-order valence-corrected chi connectivity index (χ0v) is 7.83. The summed E-state index contributed by atoms with van der Waals surface area (Å²) in [5.41, 5.74) is 9.98. The van der Waals surface area contributed by atoms with Gasteiger partial charge in [-0.25, -0.2) is 5.43 Å². The summed E-state index contributed by atoms with van der Waals surface area (Å²) in [6.45, 7) is 2.07. The van der Waals surface area contributed by atoms with Crippen molar-refractivity contribution in [2.75, 3.05) is 0 Å². The van der Waals surface area contributed by atoms with Gasteiger partial charge in [-0.15, -0.1) is 0 Å². The van der Waals surface area contributed by atoms with Crippen LogP contribution < -0.4 is 17.3 Å². The number of nitrogens with zero attached hydrogens (tertiary/aromatic N) is 1. The molecule has 0 radical (unpaired) electrons. The summed E-state index contributed by atoms with van der Waals surface area (Å²) in [4.78, 5) is 0. The van der Waals surface area contributed by atoms with Crippen molar-refractivity contribution in [2.24, 2.45) is 5.73 Å². The van der Waals surface area contributed by atoms with Crippen LogP contribution in [0.2, 0.25) is 0 Å². The Balaban J connectivity index is 0.000000845. The lowest BCUT2D eigenvalue weighted by molar-refractivity contribution is 0.268. The second-order valence-corrected chi connectivity index (χ2v) is 3.15. The molecule has 0 fully saturated rings. The Morgan fingerprint density at radius 1 is 1.54 bits per heavy atom. The Labute approximate surface area is 78.3 Å². The Bertz CT molecular complexity index is 279. The molecule has 6 N–H and O–H groups in total. The average molecular weight is 180 g/mol. The number of hydrazine groups is 1. The molecule has 2 heterocycles. The van der Waals surface area contributed by atoms with E-state index < -0.39 is 0 Å². The first-order valence-corrected chi connectivity index (χ1v) is 4.17. The largest absolute Gasteiger partial charge is 0.344 e. The second kappa shape index (κ2) is 3.33. The van der Waals surface area contributed by atoms with Gasteiger partial charge in [0, 0.05) is 6.20 Å². The molecule has 0 aromatic rings. The van der Waals surface area contributed by atoms with Gasteiger partial charge >= 0.3 is 0 Å². The SMILES string of the molecule is CCC1(N)C=C2C=CC=CN2N1.N. The summed E-state index contributed by atoms with van der Waals surface area (Å²) in [6.07, 6.45) is 10.9. The first-order valence-electron chi connectivity index (χ1n) is 4.17. The molecule has 72 valence electrons. The van der Waals surface area contributed by atoms with Gasteiger partial charge < -0.3 is 11.9 Å². The first kappa shape index (κ1) is 9.98. The number of hydrogen-bond donors (Lipinski definition) is 3. The molecule has 0 spiro atoms. The fraction of sp³-hybridized carbons (Fsp3) is 0.333. The molecule has 0 aromatic carbocycles. The van der Waals surface area contributed by atoms with Gasteiger partial charge in [-0.05, 0) is 24.6 Å². The molecule has 0 bridgehead atoms. The van der Waals surface area contributed by atoms with Gasteiger partial charge in [0.1, 0.15) is 5.66 Å². The predicted octanol–water partition coefficient (Wildman–Crippen LogP) is 1.00. The number of rotatable bonds is 1. The number of allylic oxidation sites excluding steroid dienone is 3. The monoisotopic (exact) mass is 180 g/mol. The average Bonchev–Trinajstić information content (AvgIpc) is 2.42. The third-order valence-corrected chi connectivity index (χ3v) is 2.21. The smallest absolute Gasteiger partial charge is 0.105 e. The Morgan fingerprint density at radius 3 is 2.92 bits per heavy atom. The minimum Gasteiger partial charge on any atom is -0.344 e. The lowest BCUT2D eigenvalue weighted by Crippen LogP contribution is -2.51. The molecule has 0 saturated heterocycles. The number of fused-ring (bicyclic) bond motifs is 1. The zero-order chi connectivity index (χ0) is 8.60. The molecule has 13 heavy (non-hydrogen) atoms. The van der Waals surface area contributed by atoms with E-state index in [4.69, 9.17) is 5.73 Å². The van der Waals surface area contributed by atoms with Gasteiger partial charge in [-0.2, -0.15) is 0 Å². The molecule has 1 atom stereocenters. The second-order valence-electron chi connectivity index (χ2n) is 3.15. The van der Waals surface area contributed by atoms with Gasteiger partial charge in [-0.1, -0.05) is 13.0 Å². The summed E-state index contributed by atoms with van der Waals surface area (Å²) in [5, 5.41) is 1.95. The molecular weight excluding hydrogens is 164 g/mol. The molecule has 0 saturated carbocycles. The quantitative estimate of drug-likeness (QED) is 0.562. The third kappa shape index (κ3) is 1.65. The van der Waals surface area contributed by atoms with Crippen molar-refractivity contribution in [3.63, 3.8) is 0 Å². The highest BCUT2D eigenvalue weighted by atomic mass is 15.6. The van der Waals surface area contributed by atoms with Gasteiger partial charge in [0.05, 0.1) is 5.70 Å². The molecule has 0 aliphatic carbocycles. The normalized spacial score (nSPS) is 29.7. The minimum atomic E-state index is -0.367. The molecule has 1 unspecified atom stereocenters. The van der Waals surface area contributed by atoms with Crippen molar-refractivity contribution in [3.05, 3.63) is 36.2 Å². The lowest BCUT2D eigenvalue weighted by atomic mass is 10.1. The summed E-state index contributed by atoms with van der Waals surface area (Å²) in [6, 6.07) is 0. The Morgan fingerprint density at radius 2 is 2.31 bits per heavy atom. The molecule has 2 aliphatic heterocycles. The summed E-state index contributed by atoms with van der Waals surface area (Å²) in [7, 11) is 0. The van der Waals surface area contributed by atoms with Crippen molar-refractivity contribution >= 4 is 0 Å². The molecule has 0 aromatic heterocycles. The van der Waals surface area contributed by atoms with Crippen LogP contribution in [-0.4, -0.2) is 10.7 Å². The maximum absolute atomic E-state index is 6.02. The fourth-order valence-corrected chi connectivity index (χ4v) is 1.38. The highest BCUT2D eigenvalue weighted by Crippen LogP contribution is 2.22. The van der Waals surface area contributed by atoms with E-state index in [9.17, 15) is 0 Å². The van der Waals surface area contributed by atoms with Crippen LogP contribution in [0.4, 0.5) is 0 Å². The van der Waals surface area contributed by atoms with E-state index in [1.165, 1.54) is 0 Å². The zero-order valence-electron chi connectivity index (χ0n) is 7.83. The van der Waals surface area contributed by atoms with Crippen molar-refractivity contribution in [1.82, 2.24) is 16.6 Å².